The summed E-state index contributed by atoms with van der Waals surface area (Å²) < 4.78 is 12.9. The number of H-pyrrole nitrogens is 1. The van der Waals surface area contributed by atoms with Gasteiger partial charge in [0.25, 0.3) is 0 Å². The topological polar surface area (TPSA) is 98.2 Å². The summed E-state index contributed by atoms with van der Waals surface area (Å²) in [5.41, 5.74) is 1.50. The van der Waals surface area contributed by atoms with Crippen molar-refractivity contribution >= 4 is 5.91 Å². The second kappa shape index (κ2) is 6.47. The van der Waals surface area contributed by atoms with Crippen molar-refractivity contribution < 1.29 is 19.4 Å². The third-order valence-electron chi connectivity index (χ3n) is 3.04. The fraction of sp³-hybridized carbons (Fsp3) is 0.286. The number of nitrogens with zero attached hydrogens (tertiary/aromatic N) is 1. The highest BCUT2D eigenvalue weighted by atomic mass is 19.1. The standard InChI is InChI=1S/C14H16FN3O3/c1-8(19)16-7-12(20)14(21)11-6-17-18-13(11)9-2-4-10(15)5-3-9/h2-6,12,14,20-21H,7H2,1H3,(H,16,19)(H,17,18). The van der Waals surface area contributed by atoms with Gasteiger partial charge >= 0.3 is 0 Å². The van der Waals surface area contributed by atoms with Crippen LogP contribution in [0, 0.1) is 5.82 Å². The molecule has 0 aliphatic heterocycles. The van der Waals surface area contributed by atoms with Crippen molar-refractivity contribution in [3.05, 3.63) is 41.8 Å². The van der Waals surface area contributed by atoms with E-state index in [9.17, 15) is 19.4 Å². The van der Waals surface area contributed by atoms with Gasteiger partial charge in [-0.3, -0.25) is 9.89 Å². The van der Waals surface area contributed by atoms with E-state index >= 15 is 0 Å². The molecule has 0 aliphatic carbocycles. The lowest BCUT2D eigenvalue weighted by Gasteiger charge is -2.18. The number of halogens is 1. The number of aromatic nitrogens is 2. The van der Waals surface area contributed by atoms with Gasteiger partial charge in [0.1, 0.15) is 18.0 Å². The van der Waals surface area contributed by atoms with E-state index in [1.54, 1.807) is 12.1 Å². The van der Waals surface area contributed by atoms with Crippen molar-refractivity contribution in [2.75, 3.05) is 6.54 Å². The molecule has 7 heteroatoms. The number of carbonyl (C=O) groups is 1. The van der Waals surface area contributed by atoms with E-state index in [2.05, 4.69) is 15.5 Å². The average Bonchev–Trinajstić information content (AvgIpc) is 2.94. The third-order valence-corrected chi connectivity index (χ3v) is 3.04. The molecule has 2 atom stereocenters. The van der Waals surface area contributed by atoms with Crippen LogP contribution < -0.4 is 5.32 Å². The fourth-order valence-electron chi connectivity index (χ4n) is 1.93. The number of hydrogen-bond donors (Lipinski definition) is 4. The van der Waals surface area contributed by atoms with Crippen LogP contribution in [0.3, 0.4) is 0 Å². The zero-order valence-electron chi connectivity index (χ0n) is 11.4. The maximum Gasteiger partial charge on any atom is 0.216 e. The summed E-state index contributed by atoms with van der Waals surface area (Å²) in [5.74, 6) is -0.668. The maximum atomic E-state index is 12.9. The first-order chi connectivity index (χ1) is 9.99. The van der Waals surface area contributed by atoms with Crippen molar-refractivity contribution in [3.8, 4) is 11.3 Å². The summed E-state index contributed by atoms with van der Waals surface area (Å²) in [7, 11) is 0. The quantitative estimate of drug-likeness (QED) is 0.653. The van der Waals surface area contributed by atoms with Gasteiger partial charge in [0.2, 0.25) is 5.91 Å². The predicted octanol–water partition coefficient (Wildman–Crippen LogP) is 0.746. The fourth-order valence-corrected chi connectivity index (χ4v) is 1.93. The van der Waals surface area contributed by atoms with Crippen molar-refractivity contribution in [2.24, 2.45) is 0 Å². The molecule has 0 fully saturated rings. The lowest BCUT2D eigenvalue weighted by atomic mass is 10.0. The molecule has 1 heterocycles. The number of aliphatic hydroxyl groups excluding tert-OH is 2. The zero-order chi connectivity index (χ0) is 15.4. The van der Waals surface area contributed by atoms with E-state index in [1.807, 2.05) is 0 Å². The first-order valence-electron chi connectivity index (χ1n) is 6.39. The number of hydrogen-bond acceptors (Lipinski definition) is 4. The van der Waals surface area contributed by atoms with E-state index in [0.29, 0.717) is 16.8 Å². The van der Waals surface area contributed by atoms with Gasteiger partial charge in [-0.1, -0.05) is 0 Å². The Hall–Kier alpha value is -2.25. The van der Waals surface area contributed by atoms with Crippen LogP contribution in [0.4, 0.5) is 4.39 Å². The second-order valence-corrected chi connectivity index (χ2v) is 4.66. The third kappa shape index (κ3) is 3.65. The molecule has 0 saturated carbocycles. The number of carbonyl (C=O) groups excluding carboxylic acids is 1. The molecule has 0 radical (unpaired) electrons. The molecule has 2 rings (SSSR count). The van der Waals surface area contributed by atoms with Crippen molar-refractivity contribution in [3.63, 3.8) is 0 Å². The van der Waals surface area contributed by atoms with Crippen LogP contribution in [-0.4, -0.2) is 39.0 Å². The van der Waals surface area contributed by atoms with E-state index in [-0.39, 0.29) is 18.3 Å². The molecular weight excluding hydrogens is 277 g/mol. The van der Waals surface area contributed by atoms with E-state index < -0.39 is 12.2 Å². The molecule has 4 N–H and O–H groups in total. The first kappa shape index (κ1) is 15.1. The Morgan fingerprint density at radius 2 is 2.05 bits per heavy atom. The number of amides is 1. The maximum absolute atomic E-state index is 12.9. The molecule has 1 aromatic heterocycles. The minimum atomic E-state index is -1.23. The molecule has 1 amide bonds. The van der Waals surface area contributed by atoms with Crippen LogP contribution >= 0.6 is 0 Å². The predicted molar refractivity (Wildman–Crippen MR) is 73.6 cm³/mol. The van der Waals surface area contributed by atoms with Crippen molar-refractivity contribution in [2.45, 2.75) is 19.1 Å². The summed E-state index contributed by atoms with van der Waals surface area (Å²) in [6, 6.07) is 5.67. The number of aromatic amines is 1. The minimum Gasteiger partial charge on any atom is -0.388 e. The van der Waals surface area contributed by atoms with Gasteiger partial charge < -0.3 is 15.5 Å². The number of nitrogens with one attached hydrogen (secondary N) is 2. The Kier molecular flexibility index (Phi) is 4.66. The van der Waals surface area contributed by atoms with Crippen LogP contribution in [0.25, 0.3) is 11.3 Å². The van der Waals surface area contributed by atoms with Crippen molar-refractivity contribution in [1.82, 2.24) is 15.5 Å². The molecule has 0 saturated heterocycles. The van der Waals surface area contributed by atoms with Gasteiger partial charge in [0, 0.05) is 24.6 Å². The Morgan fingerprint density at radius 1 is 1.38 bits per heavy atom. The Balaban J connectivity index is 2.19. The Bertz CT molecular complexity index is 612. The smallest absolute Gasteiger partial charge is 0.216 e. The van der Waals surface area contributed by atoms with Crippen molar-refractivity contribution in [1.29, 1.82) is 0 Å². The number of aliphatic hydroxyl groups is 2. The van der Waals surface area contributed by atoms with Gasteiger partial charge in [-0.2, -0.15) is 5.10 Å². The summed E-state index contributed by atoms with van der Waals surface area (Å²) in [6.07, 6.45) is -1.01. The highest BCUT2D eigenvalue weighted by molar-refractivity contribution is 5.72. The summed E-state index contributed by atoms with van der Waals surface area (Å²) in [5, 5.41) is 29.0. The second-order valence-electron chi connectivity index (χ2n) is 4.66. The highest BCUT2D eigenvalue weighted by Crippen LogP contribution is 2.27. The van der Waals surface area contributed by atoms with Gasteiger partial charge in [0.05, 0.1) is 11.9 Å². The molecule has 0 spiro atoms. The van der Waals surface area contributed by atoms with E-state index in [4.69, 9.17) is 0 Å². The summed E-state index contributed by atoms with van der Waals surface area (Å²) in [6.45, 7) is 1.24. The number of rotatable bonds is 5. The SMILES string of the molecule is CC(=O)NCC(O)C(O)c1cn[nH]c1-c1ccc(F)cc1. The summed E-state index contributed by atoms with van der Waals surface area (Å²) >= 11 is 0. The molecule has 2 aromatic rings. The molecule has 0 aliphatic rings. The van der Waals surface area contributed by atoms with E-state index in [0.717, 1.165) is 0 Å². The summed E-state index contributed by atoms with van der Waals surface area (Å²) in [4.78, 5) is 10.8. The van der Waals surface area contributed by atoms with Gasteiger partial charge in [-0.05, 0) is 24.3 Å². The minimum absolute atomic E-state index is 0.0788. The molecule has 21 heavy (non-hydrogen) atoms. The molecule has 6 nitrogen and oxygen atoms in total. The molecule has 2 unspecified atom stereocenters. The normalized spacial score (nSPS) is 13.7. The van der Waals surface area contributed by atoms with Gasteiger partial charge in [0.15, 0.2) is 0 Å². The Labute approximate surface area is 120 Å². The average molecular weight is 293 g/mol. The number of benzene rings is 1. The van der Waals surface area contributed by atoms with E-state index in [1.165, 1.54) is 25.3 Å². The van der Waals surface area contributed by atoms with Crippen LogP contribution in [-0.2, 0) is 4.79 Å². The highest BCUT2D eigenvalue weighted by Gasteiger charge is 2.23. The van der Waals surface area contributed by atoms with Crippen LogP contribution in [0.15, 0.2) is 30.5 Å². The molecule has 1 aromatic carbocycles. The lowest BCUT2D eigenvalue weighted by molar-refractivity contribution is -0.119. The monoisotopic (exact) mass is 293 g/mol. The van der Waals surface area contributed by atoms with Crippen LogP contribution in [0.2, 0.25) is 0 Å². The zero-order valence-corrected chi connectivity index (χ0v) is 11.4. The lowest BCUT2D eigenvalue weighted by Crippen LogP contribution is -2.34. The van der Waals surface area contributed by atoms with Gasteiger partial charge in [-0.25, -0.2) is 4.39 Å². The Morgan fingerprint density at radius 3 is 2.67 bits per heavy atom. The largest absolute Gasteiger partial charge is 0.388 e. The molecule has 0 bridgehead atoms. The first-order valence-corrected chi connectivity index (χ1v) is 6.39. The van der Waals surface area contributed by atoms with Gasteiger partial charge in [-0.15, -0.1) is 0 Å². The molecule has 112 valence electrons. The molecular formula is C14H16FN3O3. The van der Waals surface area contributed by atoms with Crippen LogP contribution in [0.5, 0.6) is 0 Å². The van der Waals surface area contributed by atoms with Crippen LogP contribution in [0.1, 0.15) is 18.6 Å².